The SMILES string of the molecule is O=C(NC(=O)c1c(Cl)cccc1Cl)Nc1ccc(Oc2ccccc2F)nc1. The van der Waals surface area contributed by atoms with Crippen LogP contribution in [0, 0.1) is 5.82 Å². The molecule has 0 fully saturated rings. The number of pyridine rings is 1. The van der Waals surface area contributed by atoms with Gasteiger partial charge in [0.1, 0.15) is 0 Å². The minimum Gasteiger partial charge on any atom is -0.436 e. The van der Waals surface area contributed by atoms with Crippen LogP contribution < -0.4 is 15.4 Å². The summed E-state index contributed by atoms with van der Waals surface area (Å²) in [5.74, 6) is -1.12. The highest BCUT2D eigenvalue weighted by molar-refractivity contribution is 6.40. The molecule has 0 aliphatic rings. The average molecular weight is 420 g/mol. The summed E-state index contributed by atoms with van der Waals surface area (Å²) in [5, 5.41) is 4.80. The Labute approximate surface area is 169 Å². The fraction of sp³-hybridized carbons (Fsp3) is 0. The normalized spacial score (nSPS) is 10.2. The first kappa shape index (κ1) is 19.6. The highest BCUT2D eigenvalue weighted by atomic mass is 35.5. The number of urea groups is 1. The molecular weight excluding hydrogens is 408 g/mol. The van der Waals surface area contributed by atoms with Crippen LogP contribution in [0.25, 0.3) is 0 Å². The number of hydrogen-bond acceptors (Lipinski definition) is 4. The second-order valence-corrected chi connectivity index (χ2v) is 6.24. The van der Waals surface area contributed by atoms with Gasteiger partial charge in [0, 0.05) is 6.07 Å². The number of ether oxygens (including phenoxy) is 1. The topological polar surface area (TPSA) is 80.3 Å². The van der Waals surface area contributed by atoms with E-state index in [1.807, 2.05) is 0 Å². The Balaban J connectivity index is 1.61. The first-order chi connectivity index (χ1) is 13.4. The maximum atomic E-state index is 13.6. The molecule has 1 aromatic heterocycles. The molecule has 6 nitrogen and oxygen atoms in total. The third-order valence-corrected chi connectivity index (χ3v) is 4.09. The number of halogens is 3. The number of benzene rings is 2. The summed E-state index contributed by atoms with van der Waals surface area (Å²) in [4.78, 5) is 28.1. The molecule has 0 bridgehead atoms. The number of amides is 3. The zero-order valence-electron chi connectivity index (χ0n) is 14.1. The summed E-state index contributed by atoms with van der Waals surface area (Å²) in [7, 11) is 0. The van der Waals surface area contributed by atoms with Crippen molar-refractivity contribution in [1.29, 1.82) is 0 Å². The van der Waals surface area contributed by atoms with Crippen molar-refractivity contribution in [2.24, 2.45) is 0 Å². The summed E-state index contributed by atoms with van der Waals surface area (Å²) >= 11 is 11.9. The summed E-state index contributed by atoms with van der Waals surface area (Å²) in [5.41, 5.74) is 0.282. The highest BCUT2D eigenvalue weighted by Gasteiger charge is 2.17. The van der Waals surface area contributed by atoms with Gasteiger partial charge in [-0.25, -0.2) is 14.2 Å². The standard InChI is InChI=1S/C19H12Cl2FN3O3/c20-12-4-3-5-13(21)17(12)18(26)25-19(27)24-11-8-9-16(23-10-11)28-15-7-2-1-6-14(15)22/h1-10H,(H2,24,25,26,27). The molecule has 142 valence electrons. The molecule has 0 aliphatic heterocycles. The molecule has 2 aromatic carbocycles. The minimum atomic E-state index is -0.800. The van der Waals surface area contributed by atoms with Crippen molar-refractivity contribution >= 4 is 40.8 Å². The third kappa shape index (κ3) is 4.76. The lowest BCUT2D eigenvalue weighted by atomic mass is 10.2. The van der Waals surface area contributed by atoms with Crippen LogP contribution in [-0.2, 0) is 0 Å². The molecule has 3 rings (SSSR count). The molecule has 0 radical (unpaired) electrons. The van der Waals surface area contributed by atoms with Gasteiger partial charge >= 0.3 is 6.03 Å². The van der Waals surface area contributed by atoms with Gasteiger partial charge in [-0.3, -0.25) is 10.1 Å². The molecule has 0 unspecified atom stereocenters. The van der Waals surface area contributed by atoms with Crippen molar-refractivity contribution in [2.45, 2.75) is 0 Å². The molecule has 0 saturated carbocycles. The number of para-hydroxylation sites is 1. The van der Waals surface area contributed by atoms with Gasteiger partial charge in [-0.15, -0.1) is 0 Å². The van der Waals surface area contributed by atoms with E-state index in [-0.39, 0.29) is 32.9 Å². The second kappa shape index (κ2) is 8.69. The van der Waals surface area contributed by atoms with Crippen LogP contribution in [-0.4, -0.2) is 16.9 Å². The van der Waals surface area contributed by atoms with E-state index >= 15 is 0 Å². The number of anilines is 1. The Morgan fingerprint density at radius 1 is 0.964 bits per heavy atom. The largest absolute Gasteiger partial charge is 0.436 e. The molecular formula is C19H12Cl2FN3O3. The highest BCUT2D eigenvalue weighted by Crippen LogP contribution is 2.24. The van der Waals surface area contributed by atoms with Crippen molar-refractivity contribution < 1.29 is 18.7 Å². The van der Waals surface area contributed by atoms with Crippen molar-refractivity contribution in [1.82, 2.24) is 10.3 Å². The second-order valence-electron chi connectivity index (χ2n) is 5.42. The van der Waals surface area contributed by atoms with Crippen LogP contribution >= 0.6 is 23.2 Å². The molecule has 1 heterocycles. The lowest BCUT2D eigenvalue weighted by Gasteiger charge is -2.09. The first-order valence-electron chi connectivity index (χ1n) is 7.89. The van der Waals surface area contributed by atoms with Gasteiger partial charge in [-0.2, -0.15) is 0 Å². The lowest BCUT2D eigenvalue weighted by molar-refractivity contribution is 0.0967. The van der Waals surface area contributed by atoms with Crippen LogP contribution in [0.4, 0.5) is 14.9 Å². The van der Waals surface area contributed by atoms with E-state index in [2.05, 4.69) is 15.6 Å². The molecule has 0 saturated heterocycles. The average Bonchev–Trinajstić information content (AvgIpc) is 2.65. The number of nitrogens with zero attached hydrogens (tertiary/aromatic N) is 1. The molecule has 0 spiro atoms. The van der Waals surface area contributed by atoms with Crippen molar-refractivity contribution in [3.63, 3.8) is 0 Å². The van der Waals surface area contributed by atoms with Crippen LogP contribution in [0.15, 0.2) is 60.8 Å². The van der Waals surface area contributed by atoms with Crippen LogP contribution in [0.5, 0.6) is 11.6 Å². The van der Waals surface area contributed by atoms with E-state index in [1.165, 1.54) is 42.6 Å². The van der Waals surface area contributed by atoms with Crippen LogP contribution in [0.3, 0.4) is 0 Å². The number of imide groups is 1. The van der Waals surface area contributed by atoms with E-state index in [0.717, 1.165) is 0 Å². The predicted octanol–water partition coefficient (Wildman–Crippen LogP) is 5.28. The molecule has 9 heteroatoms. The number of aromatic nitrogens is 1. The molecule has 0 aliphatic carbocycles. The van der Waals surface area contributed by atoms with E-state index < -0.39 is 17.8 Å². The number of carbonyl (C=O) groups is 2. The maximum absolute atomic E-state index is 13.6. The zero-order valence-corrected chi connectivity index (χ0v) is 15.6. The number of carbonyl (C=O) groups excluding carboxylic acids is 2. The maximum Gasteiger partial charge on any atom is 0.326 e. The van der Waals surface area contributed by atoms with Crippen molar-refractivity contribution in [3.8, 4) is 11.6 Å². The fourth-order valence-corrected chi connectivity index (χ4v) is 2.77. The van der Waals surface area contributed by atoms with Gasteiger partial charge in [-0.05, 0) is 30.3 Å². The molecule has 0 atom stereocenters. The van der Waals surface area contributed by atoms with E-state index in [1.54, 1.807) is 18.2 Å². The number of rotatable bonds is 4. The van der Waals surface area contributed by atoms with Gasteiger partial charge in [0.25, 0.3) is 5.91 Å². The first-order valence-corrected chi connectivity index (χ1v) is 8.64. The van der Waals surface area contributed by atoms with E-state index in [4.69, 9.17) is 27.9 Å². The smallest absolute Gasteiger partial charge is 0.326 e. The monoisotopic (exact) mass is 419 g/mol. The van der Waals surface area contributed by atoms with Crippen molar-refractivity contribution in [3.05, 3.63) is 82.2 Å². The fourth-order valence-electron chi connectivity index (χ4n) is 2.20. The molecule has 28 heavy (non-hydrogen) atoms. The summed E-state index contributed by atoms with van der Waals surface area (Å²) in [6, 6.07) is 12.6. The van der Waals surface area contributed by atoms with Crippen molar-refractivity contribution in [2.75, 3.05) is 5.32 Å². The lowest BCUT2D eigenvalue weighted by Crippen LogP contribution is -2.34. The molecule has 3 aromatic rings. The Morgan fingerprint density at radius 3 is 2.32 bits per heavy atom. The summed E-state index contributed by atoms with van der Waals surface area (Å²) < 4.78 is 18.9. The van der Waals surface area contributed by atoms with E-state index in [9.17, 15) is 14.0 Å². The van der Waals surface area contributed by atoms with Crippen LogP contribution in [0.2, 0.25) is 10.0 Å². The zero-order chi connectivity index (χ0) is 20.1. The van der Waals surface area contributed by atoms with Gasteiger partial charge in [0.05, 0.1) is 27.5 Å². The third-order valence-electron chi connectivity index (χ3n) is 3.46. The van der Waals surface area contributed by atoms with Gasteiger partial charge < -0.3 is 10.1 Å². The van der Waals surface area contributed by atoms with E-state index in [0.29, 0.717) is 0 Å². The number of nitrogens with one attached hydrogen (secondary N) is 2. The molecule has 2 N–H and O–H groups in total. The van der Waals surface area contributed by atoms with Gasteiger partial charge in [0.2, 0.25) is 5.88 Å². The molecule has 3 amide bonds. The Kier molecular flexibility index (Phi) is 6.08. The van der Waals surface area contributed by atoms with Gasteiger partial charge in [0.15, 0.2) is 11.6 Å². The Morgan fingerprint density at radius 2 is 1.68 bits per heavy atom. The Hall–Kier alpha value is -3.16. The summed E-state index contributed by atoms with van der Waals surface area (Å²) in [6.07, 6.45) is 1.29. The number of hydrogen-bond donors (Lipinski definition) is 2. The predicted molar refractivity (Wildman–Crippen MR) is 104 cm³/mol. The van der Waals surface area contributed by atoms with Gasteiger partial charge in [-0.1, -0.05) is 41.4 Å². The Bertz CT molecular complexity index is 1010. The quantitative estimate of drug-likeness (QED) is 0.602. The minimum absolute atomic E-state index is 0.00672. The van der Waals surface area contributed by atoms with Crippen LogP contribution in [0.1, 0.15) is 10.4 Å². The summed E-state index contributed by atoms with van der Waals surface area (Å²) in [6.45, 7) is 0.